The van der Waals surface area contributed by atoms with Gasteiger partial charge in [0.25, 0.3) is 0 Å². The fourth-order valence-corrected chi connectivity index (χ4v) is 4.52. The number of carbonyl (C=O) groups excluding carboxylic acids is 1. The van der Waals surface area contributed by atoms with Gasteiger partial charge in [0.2, 0.25) is 5.91 Å². The molecule has 0 aliphatic carbocycles. The zero-order chi connectivity index (χ0) is 29.9. The second-order valence-electron chi connectivity index (χ2n) is 10.6. The van der Waals surface area contributed by atoms with Gasteiger partial charge in [-0.2, -0.15) is 4.65 Å². The second-order valence-corrected chi connectivity index (χ2v) is 10.6. The van der Waals surface area contributed by atoms with Crippen LogP contribution in [0.4, 0.5) is 27.3 Å². The summed E-state index contributed by atoms with van der Waals surface area (Å²) in [6.07, 6.45) is 4.61. The van der Waals surface area contributed by atoms with Crippen LogP contribution in [0.3, 0.4) is 0 Å². The maximum absolute atomic E-state index is 14.2. The standard InChI is InChI=1S/C30H36FN7O3/c1-8-30(39)35-24-14-25(28(41-7)16-27(24)36(4)11-12-38(5,6)40)34-29-15-23(32-18-33-29)22-17-37(19(2)3)26-10-9-20(31)13-21(22)26/h8-10,13-19,40H,1,11-12H2,2-7H3,(H-,32,33,34,35,39)/p+1. The van der Waals surface area contributed by atoms with E-state index in [0.717, 1.165) is 16.5 Å². The molecule has 0 bridgehead atoms. The van der Waals surface area contributed by atoms with Crippen molar-refractivity contribution in [2.45, 2.75) is 19.9 Å². The molecule has 4 aromatic rings. The molecule has 2 aromatic heterocycles. The summed E-state index contributed by atoms with van der Waals surface area (Å²) in [5.74, 6) is 0.307. The maximum Gasteiger partial charge on any atom is 0.247 e. The van der Waals surface area contributed by atoms with E-state index in [1.165, 1.54) is 24.5 Å². The van der Waals surface area contributed by atoms with Crippen LogP contribution in [0.15, 0.2) is 61.6 Å². The highest BCUT2D eigenvalue weighted by Gasteiger charge is 2.20. The molecule has 2 heterocycles. The first-order chi connectivity index (χ1) is 19.4. The Morgan fingerprint density at radius 2 is 1.98 bits per heavy atom. The molecule has 0 spiro atoms. The number of methoxy groups -OCH3 is 1. The normalized spacial score (nSPS) is 11.5. The van der Waals surface area contributed by atoms with Crippen molar-refractivity contribution in [3.05, 3.63) is 67.4 Å². The van der Waals surface area contributed by atoms with E-state index in [1.807, 2.05) is 18.1 Å². The lowest BCUT2D eigenvalue weighted by Gasteiger charge is -2.27. The molecule has 0 fully saturated rings. The van der Waals surface area contributed by atoms with E-state index >= 15 is 0 Å². The molecule has 3 N–H and O–H groups in total. The molecule has 0 aliphatic heterocycles. The van der Waals surface area contributed by atoms with Crippen molar-refractivity contribution in [2.75, 3.05) is 56.9 Å². The van der Waals surface area contributed by atoms with Crippen molar-refractivity contribution in [3.8, 4) is 17.0 Å². The molecule has 0 saturated heterocycles. The minimum atomic E-state index is -0.368. The van der Waals surface area contributed by atoms with Crippen molar-refractivity contribution in [1.82, 2.24) is 14.5 Å². The number of benzene rings is 2. The number of nitrogens with zero attached hydrogens (tertiary/aromatic N) is 5. The van der Waals surface area contributed by atoms with Gasteiger partial charge in [0.05, 0.1) is 50.5 Å². The summed E-state index contributed by atoms with van der Waals surface area (Å²) >= 11 is 0. The number of amides is 1. The van der Waals surface area contributed by atoms with Gasteiger partial charge in [-0.25, -0.2) is 19.6 Å². The second kappa shape index (κ2) is 11.9. The minimum Gasteiger partial charge on any atom is -0.494 e. The van der Waals surface area contributed by atoms with E-state index in [9.17, 15) is 14.4 Å². The number of hydroxylamine groups is 3. The first kappa shape index (κ1) is 29.5. The Morgan fingerprint density at radius 1 is 1.22 bits per heavy atom. The highest BCUT2D eigenvalue weighted by atomic mass is 19.1. The fraction of sp³-hybridized carbons (Fsp3) is 0.300. The average molecular weight is 563 g/mol. The van der Waals surface area contributed by atoms with Gasteiger partial charge in [-0.05, 0) is 44.2 Å². The van der Waals surface area contributed by atoms with Crippen LogP contribution in [0.5, 0.6) is 5.75 Å². The first-order valence-corrected chi connectivity index (χ1v) is 13.2. The van der Waals surface area contributed by atoms with Crippen LogP contribution >= 0.6 is 0 Å². The first-order valence-electron chi connectivity index (χ1n) is 13.2. The highest BCUT2D eigenvalue weighted by Crippen LogP contribution is 2.39. The summed E-state index contributed by atoms with van der Waals surface area (Å²) in [6, 6.07) is 10.3. The molecule has 10 nitrogen and oxygen atoms in total. The average Bonchev–Trinajstić information content (AvgIpc) is 3.30. The zero-order valence-corrected chi connectivity index (χ0v) is 24.3. The largest absolute Gasteiger partial charge is 0.494 e. The Kier molecular flexibility index (Phi) is 8.60. The number of nitrogens with one attached hydrogen (secondary N) is 2. The fourth-order valence-electron chi connectivity index (χ4n) is 4.52. The third-order valence-corrected chi connectivity index (χ3v) is 6.71. The number of rotatable bonds is 11. The number of halogens is 1. The molecule has 216 valence electrons. The predicted octanol–water partition coefficient (Wildman–Crippen LogP) is 5.60. The van der Waals surface area contributed by atoms with Crippen LogP contribution < -0.4 is 20.3 Å². The van der Waals surface area contributed by atoms with Crippen molar-refractivity contribution in [2.24, 2.45) is 0 Å². The Morgan fingerprint density at radius 3 is 2.63 bits per heavy atom. The molecule has 0 radical (unpaired) electrons. The summed E-state index contributed by atoms with van der Waals surface area (Å²) in [5.41, 5.74) is 4.10. The monoisotopic (exact) mass is 562 g/mol. The van der Waals surface area contributed by atoms with Gasteiger partial charge in [-0.3, -0.25) is 4.79 Å². The zero-order valence-electron chi connectivity index (χ0n) is 24.3. The van der Waals surface area contributed by atoms with E-state index in [4.69, 9.17) is 4.74 Å². The Labute approximate surface area is 239 Å². The smallest absolute Gasteiger partial charge is 0.247 e. The minimum absolute atomic E-state index is 0.170. The lowest BCUT2D eigenvalue weighted by molar-refractivity contribution is -1.07. The van der Waals surface area contributed by atoms with Gasteiger partial charge in [0.1, 0.15) is 30.3 Å². The summed E-state index contributed by atoms with van der Waals surface area (Å²) in [7, 11) is 6.80. The van der Waals surface area contributed by atoms with E-state index in [1.54, 1.807) is 45.5 Å². The van der Waals surface area contributed by atoms with Crippen LogP contribution in [0, 0.1) is 5.82 Å². The molecule has 4 rings (SSSR count). The maximum atomic E-state index is 14.2. The Bertz CT molecular complexity index is 1580. The van der Waals surface area contributed by atoms with Gasteiger partial charge < -0.3 is 24.8 Å². The lowest BCUT2D eigenvalue weighted by atomic mass is 10.1. The Hall–Kier alpha value is -4.48. The summed E-state index contributed by atoms with van der Waals surface area (Å²) in [5, 5.41) is 17.0. The summed E-state index contributed by atoms with van der Waals surface area (Å²) < 4.78 is 21.8. The molecule has 2 aromatic carbocycles. The van der Waals surface area contributed by atoms with Crippen LogP contribution in [0.1, 0.15) is 19.9 Å². The van der Waals surface area contributed by atoms with E-state index < -0.39 is 0 Å². The third kappa shape index (κ3) is 6.82. The van der Waals surface area contributed by atoms with Gasteiger partial charge in [0, 0.05) is 47.9 Å². The molecule has 1 amide bonds. The summed E-state index contributed by atoms with van der Waals surface area (Å²) in [4.78, 5) is 23.1. The Balaban J connectivity index is 1.73. The van der Waals surface area contributed by atoms with Gasteiger partial charge in [-0.15, -0.1) is 0 Å². The number of likely N-dealkylation sites (N-methyl/N-ethyl adjacent to an activating group) is 2. The molecule has 0 aliphatic rings. The number of hydrogen-bond acceptors (Lipinski definition) is 7. The van der Waals surface area contributed by atoms with Crippen molar-refractivity contribution in [3.63, 3.8) is 0 Å². The molecule has 0 unspecified atom stereocenters. The predicted molar refractivity (Wildman–Crippen MR) is 160 cm³/mol. The number of carbonyl (C=O) groups is 1. The molecule has 0 atom stereocenters. The van der Waals surface area contributed by atoms with Crippen LogP contribution in [0.25, 0.3) is 22.2 Å². The quantitative estimate of drug-likeness (QED) is 0.124. The molecule has 41 heavy (non-hydrogen) atoms. The van der Waals surface area contributed by atoms with Crippen LogP contribution in [0.2, 0.25) is 0 Å². The third-order valence-electron chi connectivity index (χ3n) is 6.71. The van der Waals surface area contributed by atoms with Crippen LogP contribution in [-0.4, -0.2) is 71.6 Å². The van der Waals surface area contributed by atoms with E-state index in [-0.39, 0.29) is 22.4 Å². The van der Waals surface area contributed by atoms with Crippen molar-refractivity contribution < 1.29 is 23.8 Å². The van der Waals surface area contributed by atoms with Gasteiger partial charge in [-0.1, -0.05) is 6.58 Å². The number of aromatic nitrogens is 3. The molecular formula is C30H37FN7O3+. The van der Waals surface area contributed by atoms with Crippen molar-refractivity contribution >= 4 is 39.7 Å². The van der Waals surface area contributed by atoms with Crippen LogP contribution in [-0.2, 0) is 4.79 Å². The lowest BCUT2D eigenvalue weighted by Crippen LogP contribution is -2.41. The molecule has 0 saturated carbocycles. The number of quaternary nitrogens is 1. The van der Waals surface area contributed by atoms with Crippen molar-refractivity contribution in [1.29, 1.82) is 0 Å². The highest BCUT2D eigenvalue weighted by molar-refractivity contribution is 6.02. The van der Waals surface area contributed by atoms with E-state index in [2.05, 4.69) is 45.6 Å². The number of ether oxygens (including phenoxy) is 1. The molecule has 11 heteroatoms. The number of hydrogen-bond donors (Lipinski definition) is 3. The van der Waals surface area contributed by atoms with E-state index in [0.29, 0.717) is 47.4 Å². The number of anilines is 4. The molecular weight excluding hydrogens is 525 g/mol. The topological polar surface area (TPSA) is 105 Å². The number of fused-ring (bicyclic) bond motifs is 1. The van der Waals surface area contributed by atoms with Gasteiger partial charge in [0.15, 0.2) is 0 Å². The summed E-state index contributed by atoms with van der Waals surface area (Å²) in [6.45, 7) is 8.66. The SMILES string of the molecule is C=CC(=O)Nc1cc(Nc2cc(-c3cn(C(C)C)c4ccc(F)cc34)ncn2)c(OC)cc1N(C)CC[N+](C)(C)O. The van der Waals surface area contributed by atoms with Gasteiger partial charge >= 0.3 is 0 Å².